The smallest absolute Gasteiger partial charge is 0.410 e. The van der Waals surface area contributed by atoms with Gasteiger partial charge in [-0.05, 0) is 41.5 Å². The van der Waals surface area contributed by atoms with E-state index in [-0.39, 0.29) is 31.4 Å². The number of fused-ring (bicyclic) bond motifs is 3. The molecule has 32 heavy (non-hydrogen) atoms. The fraction of sp³-hybridized carbons (Fsp3) is 0.400. The summed E-state index contributed by atoms with van der Waals surface area (Å²) in [4.78, 5) is 37.9. The maximum absolute atomic E-state index is 13.3. The number of ether oxygens (including phenoxy) is 1. The van der Waals surface area contributed by atoms with Crippen molar-refractivity contribution in [3.63, 3.8) is 0 Å². The summed E-state index contributed by atoms with van der Waals surface area (Å²) in [6, 6.07) is 15.0. The number of carbonyl (C=O) groups excluding carboxylic acids is 2. The molecule has 1 atom stereocenters. The minimum atomic E-state index is -1.03. The third kappa shape index (κ3) is 4.33. The van der Waals surface area contributed by atoms with Crippen molar-refractivity contribution in [1.29, 1.82) is 0 Å². The van der Waals surface area contributed by atoms with Crippen molar-refractivity contribution in [3.05, 3.63) is 59.7 Å². The maximum atomic E-state index is 13.3. The Morgan fingerprint density at radius 3 is 2.09 bits per heavy atom. The first-order valence-corrected chi connectivity index (χ1v) is 11.1. The number of carboxylic acid groups (broad SMARTS) is 1. The van der Waals surface area contributed by atoms with Crippen molar-refractivity contribution in [1.82, 2.24) is 4.90 Å². The van der Waals surface area contributed by atoms with Gasteiger partial charge in [0.2, 0.25) is 5.91 Å². The highest BCUT2D eigenvalue weighted by atomic mass is 16.6. The second-order valence-electron chi connectivity index (χ2n) is 8.50. The van der Waals surface area contributed by atoms with Crippen LogP contribution in [0.15, 0.2) is 48.5 Å². The normalized spacial score (nSPS) is 16.2. The first-order chi connectivity index (χ1) is 15.5. The molecule has 2 amide bonds. The van der Waals surface area contributed by atoms with Crippen molar-refractivity contribution in [2.75, 3.05) is 6.61 Å². The third-order valence-electron chi connectivity index (χ3n) is 6.56. The molecule has 7 nitrogen and oxygen atoms in total. The minimum Gasteiger partial charge on any atom is -0.481 e. The Kier molecular flexibility index (Phi) is 6.44. The average Bonchev–Trinajstić information content (AvgIpc) is 3.41. The topological polar surface area (TPSA) is 110 Å². The fourth-order valence-electron chi connectivity index (χ4n) is 5.06. The van der Waals surface area contributed by atoms with E-state index in [0.29, 0.717) is 0 Å². The van der Waals surface area contributed by atoms with E-state index in [0.717, 1.165) is 47.9 Å². The van der Waals surface area contributed by atoms with Crippen LogP contribution >= 0.6 is 0 Å². The number of nitrogens with two attached hydrogens (primary N) is 1. The van der Waals surface area contributed by atoms with Crippen LogP contribution in [0.25, 0.3) is 11.1 Å². The molecule has 4 rings (SSSR count). The van der Waals surface area contributed by atoms with E-state index in [2.05, 4.69) is 12.1 Å². The van der Waals surface area contributed by atoms with E-state index >= 15 is 0 Å². The van der Waals surface area contributed by atoms with Gasteiger partial charge in [0.05, 0.1) is 0 Å². The Balaban J connectivity index is 1.55. The van der Waals surface area contributed by atoms with E-state index < -0.39 is 24.0 Å². The predicted molar refractivity (Wildman–Crippen MR) is 119 cm³/mol. The van der Waals surface area contributed by atoms with Crippen LogP contribution in [0.2, 0.25) is 0 Å². The van der Waals surface area contributed by atoms with Crippen LogP contribution in [-0.2, 0) is 14.3 Å². The number of benzene rings is 2. The van der Waals surface area contributed by atoms with Gasteiger partial charge in [-0.25, -0.2) is 4.79 Å². The molecule has 3 N–H and O–H groups in total. The molecule has 1 fully saturated rings. The number of hydrogen-bond donors (Lipinski definition) is 2. The van der Waals surface area contributed by atoms with Crippen molar-refractivity contribution in [2.45, 2.75) is 56.5 Å². The first-order valence-electron chi connectivity index (χ1n) is 11.1. The number of aliphatic carboxylic acids is 1. The molecule has 2 aliphatic carbocycles. The molecular weight excluding hydrogens is 408 g/mol. The summed E-state index contributed by atoms with van der Waals surface area (Å²) in [6.07, 6.45) is 2.53. The van der Waals surface area contributed by atoms with Crippen LogP contribution in [0.4, 0.5) is 4.79 Å². The molecule has 2 aliphatic rings. The molecule has 0 radical (unpaired) electrons. The van der Waals surface area contributed by atoms with Gasteiger partial charge in [0.25, 0.3) is 0 Å². The zero-order valence-corrected chi connectivity index (χ0v) is 17.9. The van der Waals surface area contributed by atoms with Gasteiger partial charge in [0.15, 0.2) is 0 Å². The van der Waals surface area contributed by atoms with Crippen LogP contribution in [0.3, 0.4) is 0 Å². The number of rotatable bonds is 8. The van der Waals surface area contributed by atoms with Gasteiger partial charge in [-0.2, -0.15) is 0 Å². The summed E-state index contributed by atoms with van der Waals surface area (Å²) in [5.74, 6) is -1.83. The van der Waals surface area contributed by atoms with Crippen LogP contribution in [0.1, 0.15) is 55.6 Å². The molecule has 0 saturated heterocycles. The van der Waals surface area contributed by atoms with Crippen molar-refractivity contribution in [3.8, 4) is 11.1 Å². The zero-order chi connectivity index (χ0) is 22.7. The summed E-state index contributed by atoms with van der Waals surface area (Å²) in [6.45, 7) is 0.139. The second-order valence-corrected chi connectivity index (χ2v) is 8.50. The maximum Gasteiger partial charge on any atom is 0.410 e. The molecule has 2 aromatic rings. The van der Waals surface area contributed by atoms with Crippen LogP contribution < -0.4 is 5.73 Å². The van der Waals surface area contributed by atoms with Crippen molar-refractivity contribution >= 4 is 18.0 Å². The van der Waals surface area contributed by atoms with Gasteiger partial charge in [0.1, 0.15) is 12.6 Å². The molecule has 168 valence electrons. The highest BCUT2D eigenvalue weighted by molar-refractivity contribution is 5.85. The monoisotopic (exact) mass is 436 g/mol. The number of primary amides is 1. The Morgan fingerprint density at radius 1 is 1.00 bits per heavy atom. The van der Waals surface area contributed by atoms with Gasteiger partial charge in [0, 0.05) is 18.4 Å². The van der Waals surface area contributed by atoms with Crippen LogP contribution in [0, 0.1) is 0 Å². The Labute approximate surface area is 187 Å². The predicted octanol–water partition coefficient (Wildman–Crippen LogP) is 3.90. The molecule has 0 aromatic heterocycles. The lowest BCUT2D eigenvalue weighted by atomic mass is 9.98. The third-order valence-corrected chi connectivity index (χ3v) is 6.56. The van der Waals surface area contributed by atoms with E-state index in [1.165, 1.54) is 4.90 Å². The molecule has 0 heterocycles. The Morgan fingerprint density at radius 2 is 1.56 bits per heavy atom. The minimum absolute atomic E-state index is 0.0225. The quantitative estimate of drug-likeness (QED) is 0.652. The summed E-state index contributed by atoms with van der Waals surface area (Å²) in [7, 11) is 0. The first kappa shape index (κ1) is 21.9. The van der Waals surface area contributed by atoms with Crippen LogP contribution in [-0.4, -0.2) is 46.7 Å². The fourth-order valence-corrected chi connectivity index (χ4v) is 5.06. The lowest BCUT2D eigenvalue weighted by molar-refractivity contribution is -0.137. The highest BCUT2D eigenvalue weighted by Gasteiger charge is 2.38. The zero-order valence-electron chi connectivity index (χ0n) is 17.9. The van der Waals surface area contributed by atoms with Gasteiger partial charge in [-0.3, -0.25) is 14.5 Å². The molecule has 0 spiro atoms. The molecule has 2 aromatic carbocycles. The van der Waals surface area contributed by atoms with Gasteiger partial charge >= 0.3 is 12.1 Å². The molecule has 1 saturated carbocycles. The Hall–Kier alpha value is -3.35. The molecule has 7 heteroatoms. The number of hydrogen-bond acceptors (Lipinski definition) is 4. The SMILES string of the molecule is NC(=O)[C@H](CCC(=O)O)N(C(=O)OCC1c2ccccc2-c2ccccc21)C1CCCC1. The summed E-state index contributed by atoms with van der Waals surface area (Å²) >= 11 is 0. The van der Waals surface area contributed by atoms with Crippen LogP contribution in [0.5, 0.6) is 0 Å². The summed E-state index contributed by atoms with van der Waals surface area (Å²) in [5, 5.41) is 9.08. The summed E-state index contributed by atoms with van der Waals surface area (Å²) < 4.78 is 5.78. The van der Waals surface area contributed by atoms with Gasteiger partial charge in [-0.15, -0.1) is 0 Å². The lowest BCUT2D eigenvalue weighted by Gasteiger charge is -2.34. The molecule has 0 unspecified atom stereocenters. The van der Waals surface area contributed by atoms with E-state index in [1.54, 1.807) is 0 Å². The summed E-state index contributed by atoms with van der Waals surface area (Å²) in [5.41, 5.74) is 10.1. The molecule has 0 bridgehead atoms. The molecule has 0 aliphatic heterocycles. The second kappa shape index (κ2) is 9.42. The van der Waals surface area contributed by atoms with E-state index in [9.17, 15) is 14.4 Å². The van der Waals surface area contributed by atoms with E-state index in [1.807, 2.05) is 36.4 Å². The number of amides is 2. The lowest BCUT2D eigenvalue weighted by Crippen LogP contribution is -2.52. The average molecular weight is 437 g/mol. The number of carbonyl (C=O) groups is 3. The number of nitrogens with zero attached hydrogens (tertiary/aromatic N) is 1. The number of carboxylic acids is 1. The molecular formula is C25H28N2O5. The van der Waals surface area contributed by atoms with E-state index in [4.69, 9.17) is 15.6 Å². The van der Waals surface area contributed by atoms with Gasteiger partial charge < -0.3 is 15.6 Å². The Bertz CT molecular complexity index is 969. The van der Waals surface area contributed by atoms with Crippen molar-refractivity contribution in [2.24, 2.45) is 5.73 Å². The van der Waals surface area contributed by atoms with Gasteiger partial charge in [-0.1, -0.05) is 61.4 Å². The largest absolute Gasteiger partial charge is 0.481 e. The highest BCUT2D eigenvalue weighted by Crippen LogP contribution is 2.44. The van der Waals surface area contributed by atoms with Crippen molar-refractivity contribution < 1.29 is 24.2 Å². The standard InChI is InChI=1S/C25H28N2O5/c26-24(30)22(13-14-23(28)29)27(16-7-1-2-8-16)25(31)32-15-21-19-11-5-3-9-17(19)18-10-4-6-12-20(18)21/h3-6,9-12,16,21-22H,1-2,7-8,13-15H2,(H2,26,30)(H,28,29)/t22-/m0/s1.